The molecule has 2 N–H and O–H groups in total. The fourth-order valence-electron chi connectivity index (χ4n) is 2.86. The van der Waals surface area contributed by atoms with Gasteiger partial charge in [0.2, 0.25) is 5.88 Å². The highest BCUT2D eigenvalue weighted by atomic mass is 19.1. The molecule has 1 aliphatic carbocycles. The molecule has 2 aromatic rings. The van der Waals surface area contributed by atoms with Gasteiger partial charge in [-0.15, -0.1) is 0 Å². The van der Waals surface area contributed by atoms with Crippen molar-refractivity contribution in [2.45, 2.75) is 31.7 Å². The van der Waals surface area contributed by atoms with E-state index in [4.69, 9.17) is 10.5 Å². The Morgan fingerprint density at radius 1 is 1.24 bits per heavy atom. The van der Waals surface area contributed by atoms with Gasteiger partial charge in [-0.2, -0.15) is 5.26 Å². The van der Waals surface area contributed by atoms with Crippen LogP contribution in [0.4, 0.5) is 10.1 Å². The minimum Gasteiger partial charge on any atom is -0.439 e. The molecule has 0 radical (unpaired) electrons. The van der Waals surface area contributed by atoms with Crippen LogP contribution in [0.1, 0.15) is 37.4 Å². The Morgan fingerprint density at radius 3 is 2.52 bits per heavy atom. The van der Waals surface area contributed by atoms with Crippen molar-refractivity contribution >= 4 is 5.69 Å². The Morgan fingerprint density at radius 2 is 1.90 bits per heavy atom. The van der Waals surface area contributed by atoms with Gasteiger partial charge in [0.25, 0.3) is 0 Å². The summed E-state index contributed by atoms with van der Waals surface area (Å²) in [6.45, 7) is 0. The Kier molecular flexibility index (Phi) is 3.53. The van der Waals surface area contributed by atoms with Gasteiger partial charge in [-0.05, 0) is 37.1 Å². The number of aromatic nitrogens is 1. The van der Waals surface area contributed by atoms with Crippen molar-refractivity contribution in [2.24, 2.45) is 0 Å². The van der Waals surface area contributed by atoms with Crippen LogP contribution in [0.25, 0.3) is 0 Å². The summed E-state index contributed by atoms with van der Waals surface area (Å²) < 4.78 is 20.7. The van der Waals surface area contributed by atoms with Gasteiger partial charge in [0, 0.05) is 12.1 Å². The third-order valence-corrected chi connectivity index (χ3v) is 3.85. The fourth-order valence-corrected chi connectivity index (χ4v) is 2.86. The molecule has 1 aromatic carbocycles. The second-order valence-corrected chi connectivity index (χ2v) is 5.27. The molecule has 108 valence electrons. The van der Waals surface area contributed by atoms with Gasteiger partial charge in [0.15, 0.2) is 0 Å². The zero-order valence-electron chi connectivity index (χ0n) is 11.6. The minimum atomic E-state index is -0.320. The van der Waals surface area contributed by atoms with E-state index in [1.54, 1.807) is 18.2 Å². The van der Waals surface area contributed by atoms with Gasteiger partial charge in [-0.3, -0.25) is 4.57 Å². The third kappa shape index (κ3) is 2.57. The van der Waals surface area contributed by atoms with Crippen LogP contribution in [0.15, 0.2) is 30.3 Å². The quantitative estimate of drug-likeness (QED) is 0.927. The van der Waals surface area contributed by atoms with Crippen LogP contribution in [0.5, 0.6) is 11.6 Å². The Labute approximate surface area is 122 Å². The highest BCUT2D eigenvalue weighted by Crippen LogP contribution is 2.39. The molecule has 1 aromatic heterocycles. The third-order valence-electron chi connectivity index (χ3n) is 3.85. The molecule has 1 heterocycles. The van der Waals surface area contributed by atoms with Crippen LogP contribution < -0.4 is 10.5 Å². The number of nitrogens with zero attached hydrogens (tertiary/aromatic N) is 2. The summed E-state index contributed by atoms with van der Waals surface area (Å²) in [5.74, 6) is 0.661. The van der Waals surface area contributed by atoms with Crippen LogP contribution in [-0.4, -0.2) is 4.57 Å². The topological polar surface area (TPSA) is 64.0 Å². The van der Waals surface area contributed by atoms with Crippen molar-refractivity contribution < 1.29 is 9.13 Å². The number of nitrogens with two attached hydrogens (primary N) is 1. The normalized spacial score (nSPS) is 15.0. The van der Waals surface area contributed by atoms with E-state index >= 15 is 0 Å². The van der Waals surface area contributed by atoms with Crippen LogP contribution in [-0.2, 0) is 0 Å². The predicted molar refractivity (Wildman–Crippen MR) is 77.5 cm³/mol. The van der Waals surface area contributed by atoms with Crippen molar-refractivity contribution in [2.75, 3.05) is 5.73 Å². The van der Waals surface area contributed by atoms with E-state index in [9.17, 15) is 9.65 Å². The van der Waals surface area contributed by atoms with Crippen LogP contribution >= 0.6 is 0 Å². The van der Waals surface area contributed by atoms with Crippen molar-refractivity contribution in [3.63, 3.8) is 0 Å². The van der Waals surface area contributed by atoms with Crippen molar-refractivity contribution in [3.8, 4) is 17.7 Å². The summed E-state index contributed by atoms with van der Waals surface area (Å²) in [5, 5.41) is 9.29. The maximum absolute atomic E-state index is 13.0. The molecule has 3 rings (SSSR count). The zero-order chi connectivity index (χ0) is 14.8. The van der Waals surface area contributed by atoms with Gasteiger partial charge in [-0.25, -0.2) is 4.39 Å². The van der Waals surface area contributed by atoms with Gasteiger partial charge in [-0.1, -0.05) is 12.8 Å². The number of nitrogen functional groups attached to an aromatic ring is 1. The largest absolute Gasteiger partial charge is 0.439 e. The smallest absolute Gasteiger partial charge is 0.224 e. The Hall–Kier alpha value is -2.48. The Bertz CT molecular complexity index is 679. The van der Waals surface area contributed by atoms with Crippen molar-refractivity contribution in [3.05, 3.63) is 41.8 Å². The van der Waals surface area contributed by atoms with E-state index in [2.05, 4.69) is 6.07 Å². The van der Waals surface area contributed by atoms with Gasteiger partial charge in [0.05, 0.1) is 5.69 Å². The standard InChI is InChI=1S/C16H16FN3O/c17-11-5-7-14(8-6-11)21-16-15(19)9-13(10-18)20(16)12-3-1-2-4-12/h5-9,12H,1-4,19H2. The lowest BCUT2D eigenvalue weighted by atomic mass is 10.2. The molecule has 0 spiro atoms. The average Bonchev–Trinajstić information content (AvgIpc) is 3.10. The maximum Gasteiger partial charge on any atom is 0.224 e. The summed E-state index contributed by atoms with van der Waals surface area (Å²) in [7, 11) is 0. The first-order chi connectivity index (χ1) is 10.2. The molecule has 1 fully saturated rings. The molecule has 5 heteroatoms. The summed E-state index contributed by atoms with van der Waals surface area (Å²) in [4.78, 5) is 0. The highest BCUT2D eigenvalue weighted by molar-refractivity contribution is 5.56. The number of rotatable bonds is 3. The van der Waals surface area contributed by atoms with E-state index in [0.717, 1.165) is 25.7 Å². The number of benzene rings is 1. The second-order valence-electron chi connectivity index (χ2n) is 5.27. The highest BCUT2D eigenvalue weighted by Gasteiger charge is 2.25. The summed E-state index contributed by atoms with van der Waals surface area (Å²) >= 11 is 0. The van der Waals surface area contributed by atoms with Crippen molar-refractivity contribution in [1.82, 2.24) is 4.57 Å². The van der Waals surface area contributed by atoms with Crippen molar-refractivity contribution in [1.29, 1.82) is 5.26 Å². The minimum absolute atomic E-state index is 0.243. The first kappa shape index (κ1) is 13.5. The SMILES string of the molecule is N#Cc1cc(N)c(Oc2ccc(F)cc2)n1C1CCCC1. The average molecular weight is 285 g/mol. The molecule has 1 saturated carbocycles. The molecule has 1 aliphatic rings. The summed E-state index contributed by atoms with van der Waals surface area (Å²) in [5.41, 5.74) is 6.94. The molecule has 0 atom stereocenters. The molecule has 21 heavy (non-hydrogen) atoms. The van der Waals surface area contributed by atoms with Gasteiger partial charge in [0.1, 0.15) is 23.3 Å². The first-order valence-electron chi connectivity index (χ1n) is 7.03. The lowest BCUT2D eigenvalue weighted by Gasteiger charge is -2.18. The molecule has 0 saturated heterocycles. The van der Waals surface area contributed by atoms with Crippen LogP contribution in [0.2, 0.25) is 0 Å². The van der Waals surface area contributed by atoms with Crippen LogP contribution in [0, 0.1) is 17.1 Å². The molecule has 0 unspecified atom stereocenters. The molecule has 0 bridgehead atoms. The monoisotopic (exact) mass is 285 g/mol. The van der Waals surface area contributed by atoms with Gasteiger partial charge < -0.3 is 10.5 Å². The van der Waals surface area contributed by atoms with E-state index in [1.807, 2.05) is 4.57 Å². The lowest BCUT2D eigenvalue weighted by Crippen LogP contribution is -2.09. The number of nitriles is 1. The molecular formula is C16H16FN3O. The zero-order valence-corrected chi connectivity index (χ0v) is 11.6. The number of hydrogen-bond acceptors (Lipinski definition) is 3. The summed E-state index contributed by atoms with van der Waals surface area (Å²) in [6.07, 6.45) is 4.32. The molecule has 0 aliphatic heterocycles. The van der Waals surface area contributed by atoms with E-state index in [0.29, 0.717) is 23.0 Å². The number of halogens is 1. The number of ether oxygens (including phenoxy) is 1. The first-order valence-corrected chi connectivity index (χ1v) is 7.03. The van der Waals surface area contributed by atoms with Crippen LogP contribution in [0.3, 0.4) is 0 Å². The molecule has 4 nitrogen and oxygen atoms in total. The van der Waals surface area contributed by atoms with Gasteiger partial charge >= 0.3 is 0 Å². The molecular weight excluding hydrogens is 269 g/mol. The summed E-state index contributed by atoms with van der Waals surface area (Å²) in [6, 6.07) is 9.81. The molecule has 0 amide bonds. The number of hydrogen-bond donors (Lipinski definition) is 1. The fraction of sp³-hybridized carbons (Fsp3) is 0.312. The maximum atomic E-state index is 13.0. The van der Waals surface area contributed by atoms with E-state index < -0.39 is 0 Å². The number of anilines is 1. The Balaban J connectivity index is 1.98. The van der Waals surface area contributed by atoms with E-state index in [-0.39, 0.29) is 11.9 Å². The predicted octanol–water partition coefficient (Wildman–Crippen LogP) is 3.99. The second kappa shape index (κ2) is 5.49. The van der Waals surface area contributed by atoms with E-state index in [1.165, 1.54) is 12.1 Å². The lowest BCUT2D eigenvalue weighted by molar-refractivity contribution is 0.393.